The zero-order valence-corrected chi connectivity index (χ0v) is 15.0. The van der Waals surface area contributed by atoms with Gasteiger partial charge in [-0.05, 0) is 43.2 Å². The molecule has 1 atom stereocenters. The Labute approximate surface area is 146 Å². The van der Waals surface area contributed by atoms with Crippen molar-refractivity contribution < 1.29 is 0 Å². The van der Waals surface area contributed by atoms with Crippen molar-refractivity contribution in [2.75, 3.05) is 5.88 Å². The van der Waals surface area contributed by atoms with Crippen LogP contribution in [-0.2, 0) is 5.41 Å². The molecule has 2 rings (SSSR count). The molecule has 0 nitrogen and oxygen atoms in total. The first kappa shape index (κ1) is 17.8. The van der Waals surface area contributed by atoms with Gasteiger partial charge in [0.05, 0.1) is 0 Å². The van der Waals surface area contributed by atoms with Gasteiger partial charge in [-0.1, -0.05) is 73.2 Å². The highest BCUT2D eigenvalue weighted by molar-refractivity contribution is 6.17. The highest BCUT2D eigenvalue weighted by Gasteiger charge is 2.31. The molecule has 0 heterocycles. The lowest BCUT2D eigenvalue weighted by molar-refractivity contribution is 0.370. The molecule has 0 spiro atoms. The smallest absolute Gasteiger partial charge is 0.0226 e. The quantitative estimate of drug-likeness (QED) is 0.379. The SMILES string of the molecule is C=C(C)CC(CCCl)CC(C)(c1ccccc1)c1ccccc1. The highest BCUT2D eigenvalue weighted by Crippen LogP contribution is 2.40. The van der Waals surface area contributed by atoms with Crippen LogP contribution in [0.4, 0.5) is 0 Å². The van der Waals surface area contributed by atoms with Crippen molar-refractivity contribution in [2.24, 2.45) is 5.92 Å². The van der Waals surface area contributed by atoms with Gasteiger partial charge in [0.15, 0.2) is 0 Å². The van der Waals surface area contributed by atoms with Crippen LogP contribution in [0.15, 0.2) is 72.8 Å². The molecule has 23 heavy (non-hydrogen) atoms. The van der Waals surface area contributed by atoms with Gasteiger partial charge in [0.1, 0.15) is 0 Å². The van der Waals surface area contributed by atoms with Crippen LogP contribution in [0, 0.1) is 5.92 Å². The molecular weight excluding hydrogens is 300 g/mol. The average Bonchev–Trinajstić information content (AvgIpc) is 2.56. The van der Waals surface area contributed by atoms with Gasteiger partial charge in [0.2, 0.25) is 0 Å². The number of alkyl halides is 1. The molecule has 2 aromatic rings. The molecule has 0 N–H and O–H groups in total. The normalized spacial score (nSPS) is 12.8. The Bertz CT molecular complexity index is 561. The Balaban J connectivity index is 2.39. The molecule has 0 radical (unpaired) electrons. The number of rotatable bonds is 8. The lowest BCUT2D eigenvalue weighted by atomic mass is 9.69. The van der Waals surface area contributed by atoms with Crippen LogP contribution in [0.1, 0.15) is 44.2 Å². The van der Waals surface area contributed by atoms with E-state index >= 15 is 0 Å². The molecular formula is C22H27Cl. The highest BCUT2D eigenvalue weighted by atomic mass is 35.5. The first-order chi connectivity index (χ1) is 11.1. The average molecular weight is 327 g/mol. The molecule has 122 valence electrons. The molecule has 0 saturated carbocycles. The molecule has 0 aromatic heterocycles. The predicted octanol–water partition coefficient (Wildman–Crippen LogP) is 6.59. The van der Waals surface area contributed by atoms with Crippen molar-refractivity contribution in [1.82, 2.24) is 0 Å². The molecule has 1 unspecified atom stereocenters. The topological polar surface area (TPSA) is 0 Å². The molecule has 1 heteroatoms. The minimum absolute atomic E-state index is 0.00526. The van der Waals surface area contributed by atoms with Crippen LogP contribution in [0.5, 0.6) is 0 Å². The number of allylic oxidation sites excluding steroid dienone is 1. The Morgan fingerprint density at radius 1 is 1.00 bits per heavy atom. The van der Waals surface area contributed by atoms with Gasteiger partial charge < -0.3 is 0 Å². The summed E-state index contributed by atoms with van der Waals surface area (Å²) in [6.45, 7) is 8.58. The number of hydrogen-bond donors (Lipinski definition) is 0. The summed E-state index contributed by atoms with van der Waals surface area (Å²) in [6.07, 6.45) is 3.16. The number of halogens is 1. The summed E-state index contributed by atoms with van der Waals surface area (Å²) in [6, 6.07) is 21.7. The minimum Gasteiger partial charge on any atom is -0.127 e. The van der Waals surface area contributed by atoms with Gasteiger partial charge in [-0.3, -0.25) is 0 Å². The van der Waals surface area contributed by atoms with Gasteiger partial charge >= 0.3 is 0 Å². The molecule has 0 amide bonds. The molecule has 0 bridgehead atoms. The van der Waals surface area contributed by atoms with Crippen molar-refractivity contribution in [1.29, 1.82) is 0 Å². The van der Waals surface area contributed by atoms with E-state index in [4.69, 9.17) is 11.6 Å². The molecule has 0 saturated heterocycles. The van der Waals surface area contributed by atoms with Crippen LogP contribution in [0.25, 0.3) is 0 Å². The van der Waals surface area contributed by atoms with Crippen molar-refractivity contribution in [2.45, 2.75) is 38.5 Å². The summed E-state index contributed by atoms with van der Waals surface area (Å²) in [4.78, 5) is 0. The van der Waals surface area contributed by atoms with E-state index in [0.29, 0.717) is 11.8 Å². The third kappa shape index (κ3) is 4.72. The monoisotopic (exact) mass is 326 g/mol. The van der Waals surface area contributed by atoms with Crippen molar-refractivity contribution in [3.05, 3.63) is 83.9 Å². The van der Waals surface area contributed by atoms with E-state index < -0.39 is 0 Å². The summed E-state index contributed by atoms with van der Waals surface area (Å²) in [5.41, 5.74) is 3.97. The maximum Gasteiger partial charge on any atom is 0.0226 e. The van der Waals surface area contributed by atoms with E-state index in [9.17, 15) is 0 Å². The summed E-state index contributed by atoms with van der Waals surface area (Å²) in [7, 11) is 0. The van der Waals surface area contributed by atoms with E-state index in [-0.39, 0.29) is 5.41 Å². The third-order valence-corrected chi connectivity index (χ3v) is 4.89. The first-order valence-corrected chi connectivity index (χ1v) is 8.91. The lowest BCUT2D eigenvalue weighted by Gasteiger charge is -2.35. The second-order valence-electron chi connectivity index (χ2n) is 6.77. The van der Waals surface area contributed by atoms with Gasteiger partial charge in [-0.2, -0.15) is 0 Å². The second kappa shape index (κ2) is 8.36. The fraction of sp³-hybridized carbons (Fsp3) is 0.364. The molecule has 0 aliphatic heterocycles. The maximum atomic E-state index is 6.07. The van der Waals surface area contributed by atoms with Gasteiger partial charge in [0.25, 0.3) is 0 Å². The summed E-state index contributed by atoms with van der Waals surface area (Å²) in [5.74, 6) is 1.26. The number of hydrogen-bond acceptors (Lipinski definition) is 0. The van der Waals surface area contributed by atoms with E-state index in [2.05, 4.69) is 81.1 Å². The molecule has 0 aliphatic carbocycles. The second-order valence-corrected chi connectivity index (χ2v) is 7.15. The fourth-order valence-corrected chi connectivity index (χ4v) is 3.82. The fourth-order valence-electron chi connectivity index (χ4n) is 3.52. The van der Waals surface area contributed by atoms with Gasteiger partial charge in [0, 0.05) is 11.3 Å². The molecule has 0 aliphatic rings. The standard InChI is InChI=1S/C22H27Cl/c1-18(2)16-19(14-15-23)17-22(3,20-10-6-4-7-11-20)21-12-8-5-9-13-21/h4-13,19H,1,14-17H2,2-3H3. The van der Waals surface area contributed by atoms with Gasteiger partial charge in [-0.25, -0.2) is 0 Å². The van der Waals surface area contributed by atoms with E-state index in [1.807, 2.05) is 0 Å². The lowest BCUT2D eigenvalue weighted by Crippen LogP contribution is -2.27. The molecule has 2 aromatic carbocycles. The minimum atomic E-state index is -0.00526. The Morgan fingerprint density at radius 2 is 1.48 bits per heavy atom. The number of benzene rings is 2. The van der Waals surface area contributed by atoms with Crippen LogP contribution in [0.3, 0.4) is 0 Å². The van der Waals surface area contributed by atoms with Crippen LogP contribution in [0.2, 0.25) is 0 Å². The van der Waals surface area contributed by atoms with Crippen molar-refractivity contribution >= 4 is 11.6 Å². The van der Waals surface area contributed by atoms with E-state index in [0.717, 1.165) is 19.3 Å². The van der Waals surface area contributed by atoms with Crippen LogP contribution in [-0.4, -0.2) is 5.88 Å². The van der Waals surface area contributed by atoms with Crippen LogP contribution < -0.4 is 0 Å². The van der Waals surface area contributed by atoms with Crippen LogP contribution >= 0.6 is 11.6 Å². The Hall–Kier alpha value is -1.53. The first-order valence-electron chi connectivity index (χ1n) is 8.37. The summed E-state index contributed by atoms with van der Waals surface area (Å²) in [5, 5.41) is 0. The largest absolute Gasteiger partial charge is 0.127 e. The Morgan fingerprint density at radius 3 is 1.87 bits per heavy atom. The van der Waals surface area contributed by atoms with E-state index in [1.165, 1.54) is 16.7 Å². The van der Waals surface area contributed by atoms with Crippen molar-refractivity contribution in [3.8, 4) is 0 Å². The summed E-state index contributed by atoms with van der Waals surface area (Å²) >= 11 is 6.07. The Kier molecular flexibility index (Phi) is 6.47. The van der Waals surface area contributed by atoms with E-state index in [1.54, 1.807) is 0 Å². The summed E-state index contributed by atoms with van der Waals surface area (Å²) < 4.78 is 0. The maximum absolute atomic E-state index is 6.07. The zero-order chi connectivity index (χ0) is 16.7. The van der Waals surface area contributed by atoms with Crippen molar-refractivity contribution in [3.63, 3.8) is 0 Å². The third-order valence-electron chi connectivity index (χ3n) is 4.67. The molecule has 0 fully saturated rings. The van der Waals surface area contributed by atoms with Gasteiger partial charge in [-0.15, -0.1) is 18.2 Å². The predicted molar refractivity (Wildman–Crippen MR) is 102 cm³/mol. The zero-order valence-electron chi connectivity index (χ0n) is 14.3.